The largest absolute Gasteiger partial charge is 0.472 e. The third kappa shape index (κ3) is 1.58. The van der Waals surface area contributed by atoms with Crippen LogP contribution in [0.5, 0.6) is 0 Å². The van der Waals surface area contributed by atoms with Crippen molar-refractivity contribution in [2.24, 2.45) is 17.1 Å². The minimum Gasteiger partial charge on any atom is -0.472 e. The molecule has 0 spiro atoms. The van der Waals surface area contributed by atoms with Crippen molar-refractivity contribution < 1.29 is 13.9 Å². The highest BCUT2D eigenvalue weighted by molar-refractivity contribution is 5.89. The Balaban J connectivity index is 1.72. The molecule has 1 aliphatic heterocycles. The molecule has 5 heteroatoms. The molecule has 1 amide bonds. The number of nitrogens with one attached hydrogen (secondary N) is 1. The second kappa shape index (κ2) is 4.08. The Kier molecular flexibility index (Phi) is 2.73. The van der Waals surface area contributed by atoms with Gasteiger partial charge in [0.2, 0.25) is 5.91 Å². The molecule has 19 heavy (non-hydrogen) atoms. The average molecular weight is 264 g/mol. The number of rotatable bonds is 3. The summed E-state index contributed by atoms with van der Waals surface area (Å²) in [5.41, 5.74) is 6.21. The summed E-state index contributed by atoms with van der Waals surface area (Å²) in [6, 6.07) is 1.83. The second-order valence-corrected chi connectivity index (χ2v) is 6.09. The van der Waals surface area contributed by atoms with E-state index >= 15 is 0 Å². The fourth-order valence-electron chi connectivity index (χ4n) is 3.57. The molecule has 1 aromatic rings. The molecular formula is C14H20N2O3. The van der Waals surface area contributed by atoms with Crippen molar-refractivity contribution in [3.63, 3.8) is 0 Å². The van der Waals surface area contributed by atoms with Gasteiger partial charge in [0.25, 0.3) is 0 Å². The van der Waals surface area contributed by atoms with Crippen LogP contribution in [-0.4, -0.2) is 24.2 Å². The number of ether oxygens (including phenoxy) is 1. The maximum Gasteiger partial charge on any atom is 0.241 e. The second-order valence-electron chi connectivity index (χ2n) is 6.09. The fourth-order valence-corrected chi connectivity index (χ4v) is 3.57. The first kappa shape index (κ1) is 12.7. The zero-order valence-corrected chi connectivity index (χ0v) is 11.3. The van der Waals surface area contributed by atoms with Gasteiger partial charge in [-0.15, -0.1) is 0 Å². The lowest BCUT2D eigenvalue weighted by Crippen LogP contribution is -2.80. The highest BCUT2D eigenvalue weighted by Gasteiger charge is 2.71. The van der Waals surface area contributed by atoms with E-state index in [-0.39, 0.29) is 23.3 Å². The minimum absolute atomic E-state index is 0.0922. The molecule has 2 heterocycles. The first-order valence-corrected chi connectivity index (χ1v) is 6.68. The number of furan rings is 1. The third-order valence-electron chi connectivity index (χ3n) is 4.86. The van der Waals surface area contributed by atoms with E-state index in [1.807, 2.05) is 19.9 Å². The average Bonchev–Trinajstić information content (AvgIpc) is 3.04. The molecule has 2 fully saturated rings. The Morgan fingerprint density at radius 1 is 1.58 bits per heavy atom. The summed E-state index contributed by atoms with van der Waals surface area (Å²) in [6.07, 6.45) is 4.19. The molecule has 5 nitrogen and oxygen atoms in total. The summed E-state index contributed by atoms with van der Waals surface area (Å²) in [5.74, 6) is 0.0392. The molecule has 1 saturated carbocycles. The Bertz CT molecular complexity index is 483. The van der Waals surface area contributed by atoms with E-state index in [9.17, 15) is 4.79 Å². The molecule has 1 aliphatic carbocycles. The minimum atomic E-state index is -0.835. The monoisotopic (exact) mass is 264 g/mol. The van der Waals surface area contributed by atoms with E-state index in [1.54, 1.807) is 12.5 Å². The van der Waals surface area contributed by atoms with Crippen molar-refractivity contribution in [1.29, 1.82) is 0 Å². The highest BCUT2D eigenvalue weighted by atomic mass is 16.5. The van der Waals surface area contributed by atoms with Gasteiger partial charge in [-0.1, -0.05) is 13.8 Å². The van der Waals surface area contributed by atoms with Crippen LogP contribution in [0.1, 0.15) is 25.8 Å². The van der Waals surface area contributed by atoms with E-state index in [4.69, 9.17) is 14.9 Å². The lowest BCUT2D eigenvalue weighted by Gasteiger charge is -2.60. The van der Waals surface area contributed by atoms with Gasteiger partial charge in [0.15, 0.2) is 0 Å². The van der Waals surface area contributed by atoms with Gasteiger partial charge >= 0.3 is 0 Å². The number of nitrogens with two attached hydrogens (primary N) is 1. The van der Waals surface area contributed by atoms with Crippen molar-refractivity contribution in [2.75, 3.05) is 6.61 Å². The summed E-state index contributed by atoms with van der Waals surface area (Å²) in [7, 11) is 0. The summed E-state index contributed by atoms with van der Waals surface area (Å²) in [6.45, 7) is 5.17. The number of carbonyl (C=O) groups excluding carboxylic acids is 1. The van der Waals surface area contributed by atoms with E-state index in [0.29, 0.717) is 13.2 Å². The van der Waals surface area contributed by atoms with Gasteiger partial charge in [-0.25, -0.2) is 0 Å². The van der Waals surface area contributed by atoms with Crippen molar-refractivity contribution in [1.82, 2.24) is 5.32 Å². The van der Waals surface area contributed by atoms with E-state index < -0.39 is 5.54 Å². The number of hydrogen-bond acceptors (Lipinski definition) is 4. The van der Waals surface area contributed by atoms with E-state index in [2.05, 4.69) is 5.32 Å². The van der Waals surface area contributed by atoms with Crippen molar-refractivity contribution in [2.45, 2.75) is 38.5 Å². The van der Waals surface area contributed by atoms with Crippen LogP contribution in [0.25, 0.3) is 0 Å². The normalized spacial score (nSPS) is 35.5. The van der Waals surface area contributed by atoms with Crippen LogP contribution in [0.2, 0.25) is 0 Å². The quantitative estimate of drug-likeness (QED) is 0.855. The zero-order valence-electron chi connectivity index (χ0n) is 11.3. The van der Waals surface area contributed by atoms with Crippen molar-refractivity contribution >= 4 is 5.91 Å². The lowest BCUT2D eigenvalue weighted by atomic mass is 9.48. The smallest absolute Gasteiger partial charge is 0.241 e. The molecule has 104 valence electrons. The lowest BCUT2D eigenvalue weighted by molar-refractivity contribution is -0.175. The number of amides is 1. The van der Waals surface area contributed by atoms with Crippen LogP contribution in [0.4, 0.5) is 0 Å². The molecule has 3 N–H and O–H groups in total. The predicted molar refractivity (Wildman–Crippen MR) is 69.1 cm³/mol. The molecule has 0 radical (unpaired) electrons. The van der Waals surface area contributed by atoms with Crippen molar-refractivity contribution in [3.8, 4) is 0 Å². The van der Waals surface area contributed by atoms with Crippen LogP contribution < -0.4 is 11.1 Å². The van der Waals surface area contributed by atoms with Crippen molar-refractivity contribution in [3.05, 3.63) is 24.2 Å². The first-order chi connectivity index (χ1) is 8.98. The summed E-state index contributed by atoms with van der Waals surface area (Å²) in [4.78, 5) is 12.5. The highest BCUT2D eigenvalue weighted by Crippen LogP contribution is 2.58. The maximum absolute atomic E-state index is 12.5. The van der Waals surface area contributed by atoms with E-state index in [0.717, 1.165) is 12.0 Å². The summed E-state index contributed by atoms with van der Waals surface area (Å²) >= 11 is 0. The molecule has 3 rings (SSSR count). The molecule has 2 aliphatic rings. The van der Waals surface area contributed by atoms with Crippen LogP contribution >= 0.6 is 0 Å². The van der Waals surface area contributed by atoms with Gasteiger partial charge < -0.3 is 20.2 Å². The molecule has 0 aromatic carbocycles. The van der Waals surface area contributed by atoms with Gasteiger partial charge in [0.1, 0.15) is 5.54 Å². The fraction of sp³-hybridized carbons (Fsp3) is 0.643. The molecule has 0 bridgehead atoms. The molecule has 1 saturated heterocycles. The molecule has 1 aromatic heterocycles. The standard InChI is InChI=1S/C14H20N2O3/c1-13(2)11-10(4-6-19-11)14(13,15)12(17)16-7-9-3-5-18-8-9/h3,5,8,10-11H,4,6-7,15H2,1-2H3,(H,16,17). The predicted octanol–water partition coefficient (Wildman–Crippen LogP) is 1.04. The first-order valence-electron chi connectivity index (χ1n) is 6.68. The molecule has 3 unspecified atom stereocenters. The number of fused-ring (bicyclic) bond motifs is 1. The molecule has 3 atom stereocenters. The Morgan fingerprint density at radius 2 is 2.37 bits per heavy atom. The summed E-state index contributed by atoms with van der Waals surface area (Å²) < 4.78 is 10.7. The maximum atomic E-state index is 12.5. The Labute approximate surface area is 112 Å². The van der Waals surface area contributed by atoms with Crippen LogP contribution in [0, 0.1) is 11.3 Å². The Hall–Kier alpha value is -1.33. The zero-order chi connectivity index (χ0) is 13.7. The van der Waals surface area contributed by atoms with Gasteiger partial charge in [-0.05, 0) is 12.5 Å². The molecular weight excluding hydrogens is 244 g/mol. The third-order valence-corrected chi connectivity index (χ3v) is 4.86. The summed E-state index contributed by atoms with van der Waals surface area (Å²) in [5, 5.41) is 2.92. The van der Waals surface area contributed by atoms with Gasteiger partial charge in [0, 0.05) is 30.0 Å². The van der Waals surface area contributed by atoms with Crippen LogP contribution in [-0.2, 0) is 16.1 Å². The van der Waals surface area contributed by atoms with Gasteiger partial charge in [-0.3, -0.25) is 4.79 Å². The van der Waals surface area contributed by atoms with Gasteiger partial charge in [0.05, 0.1) is 18.6 Å². The van der Waals surface area contributed by atoms with Gasteiger partial charge in [-0.2, -0.15) is 0 Å². The van der Waals surface area contributed by atoms with Crippen LogP contribution in [0.3, 0.4) is 0 Å². The Morgan fingerprint density at radius 3 is 3.05 bits per heavy atom. The van der Waals surface area contributed by atoms with E-state index in [1.165, 1.54) is 0 Å². The number of hydrogen-bond donors (Lipinski definition) is 2. The topological polar surface area (TPSA) is 77.5 Å². The number of carbonyl (C=O) groups is 1. The van der Waals surface area contributed by atoms with Crippen LogP contribution in [0.15, 0.2) is 23.0 Å². The SMILES string of the molecule is CC1(C)C2OCCC2C1(N)C(=O)NCc1ccoc1.